The number of hydrogen-bond donors (Lipinski definition) is 2. The molecule has 0 aromatic heterocycles. The highest BCUT2D eigenvalue weighted by Crippen LogP contribution is 1.96. The summed E-state index contributed by atoms with van der Waals surface area (Å²) in [4.78, 5) is 12.8. The zero-order chi connectivity index (χ0) is 9.72. The number of primary amides is 1. The van der Waals surface area contributed by atoms with Crippen molar-refractivity contribution in [2.45, 2.75) is 19.9 Å². The number of carbonyl (C=O) groups is 1. The van der Waals surface area contributed by atoms with Crippen LogP contribution in [0.3, 0.4) is 0 Å². The van der Waals surface area contributed by atoms with Crippen molar-refractivity contribution >= 4 is 23.1 Å². The molecule has 4 nitrogen and oxygen atoms in total. The monoisotopic (exact) mass is 189 g/mol. The number of thiocarbonyl (C=S) groups is 1. The van der Waals surface area contributed by atoms with Gasteiger partial charge in [0.15, 0.2) is 0 Å². The lowest BCUT2D eigenvalue weighted by atomic mass is 10.3. The van der Waals surface area contributed by atoms with Crippen molar-refractivity contribution in [2.24, 2.45) is 11.5 Å². The maximum absolute atomic E-state index is 10.6. The summed E-state index contributed by atoms with van der Waals surface area (Å²) in [6.45, 7) is 4.56. The van der Waals surface area contributed by atoms with Crippen LogP contribution in [0.2, 0.25) is 0 Å². The summed E-state index contributed by atoms with van der Waals surface area (Å²) in [6, 6.07) is 0.221. The van der Waals surface area contributed by atoms with Gasteiger partial charge in [-0.05, 0) is 13.8 Å². The lowest BCUT2D eigenvalue weighted by Crippen LogP contribution is -2.42. The third-order valence-electron chi connectivity index (χ3n) is 1.45. The Hall–Kier alpha value is -0.680. The summed E-state index contributed by atoms with van der Waals surface area (Å²) < 4.78 is 0. The first kappa shape index (κ1) is 11.3. The molecule has 0 aromatic carbocycles. The number of hydrogen-bond acceptors (Lipinski definition) is 3. The van der Waals surface area contributed by atoms with Crippen LogP contribution in [-0.4, -0.2) is 34.9 Å². The Labute approximate surface area is 77.9 Å². The van der Waals surface area contributed by atoms with E-state index in [9.17, 15) is 4.79 Å². The maximum atomic E-state index is 10.6. The van der Waals surface area contributed by atoms with E-state index >= 15 is 0 Å². The van der Waals surface area contributed by atoms with Crippen LogP contribution in [0, 0.1) is 0 Å². The summed E-state index contributed by atoms with van der Waals surface area (Å²) >= 11 is 4.73. The summed E-state index contributed by atoms with van der Waals surface area (Å²) in [7, 11) is 0. The second kappa shape index (κ2) is 5.05. The quantitative estimate of drug-likeness (QED) is 0.570. The second-order valence-corrected chi connectivity index (χ2v) is 3.46. The zero-order valence-corrected chi connectivity index (χ0v) is 8.23. The molecule has 0 atom stereocenters. The fraction of sp³-hybridized carbons (Fsp3) is 0.714. The van der Waals surface area contributed by atoms with Gasteiger partial charge in [-0.3, -0.25) is 9.69 Å². The Morgan fingerprint density at radius 2 is 1.92 bits per heavy atom. The predicted octanol–water partition coefficient (Wildman–Crippen LogP) is -0.532. The third kappa shape index (κ3) is 5.03. The summed E-state index contributed by atoms with van der Waals surface area (Å²) in [5.41, 5.74) is 10.4. The topological polar surface area (TPSA) is 72.3 Å². The summed E-state index contributed by atoms with van der Waals surface area (Å²) in [5, 5.41) is 0. The van der Waals surface area contributed by atoms with Crippen molar-refractivity contribution in [3.63, 3.8) is 0 Å². The average molecular weight is 189 g/mol. The molecule has 1 amide bonds. The number of rotatable bonds is 5. The minimum Gasteiger partial charge on any atom is -0.392 e. The van der Waals surface area contributed by atoms with Crippen molar-refractivity contribution in [3.8, 4) is 0 Å². The van der Waals surface area contributed by atoms with Crippen LogP contribution in [0.1, 0.15) is 13.8 Å². The normalized spacial score (nSPS) is 10.7. The molecule has 0 aliphatic heterocycles. The minimum atomic E-state index is -0.361. The Morgan fingerprint density at radius 1 is 1.42 bits per heavy atom. The van der Waals surface area contributed by atoms with Crippen molar-refractivity contribution < 1.29 is 4.79 Å². The molecule has 0 rings (SSSR count). The first-order valence-electron chi connectivity index (χ1n) is 3.74. The Kier molecular flexibility index (Phi) is 4.77. The largest absolute Gasteiger partial charge is 0.392 e. The molecule has 70 valence electrons. The molecule has 0 spiro atoms. The molecular weight excluding hydrogens is 174 g/mol. The van der Waals surface area contributed by atoms with Crippen molar-refractivity contribution in [2.75, 3.05) is 13.1 Å². The summed E-state index contributed by atoms with van der Waals surface area (Å²) in [6.07, 6.45) is 0. The van der Waals surface area contributed by atoms with Crippen LogP contribution in [-0.2, 0) is 4.79 Å². The van der Waals surface area contributed by atoms with E-state index in [1.807, 2.05) is 18.7 Å². The van der Waals surface area contributed by atoms with Gasteiger partial charge in [0.1, 0.15) is 0 Å². The maximum Gasteiger partial charge on any atom is 0.231 e. The molecule has 0 aliphatic carbocycles. The van der Waals surface area contributed by atoms with Crippen molar-refractivity contribution in [3.05, 3.63) is 0 Å². The Balaban J connectivity index is 4.04. The molecule has 0 fully saturated rings. The van der Waals surface area contributed by atoms with Gasteiger partial charge < -0.3 is 11.5 Å². The fourth-order valence-electron chi connectivity index (χ4n) is 0.821. The second-order valence-electron chi connectivity index (χ2n) is 2.93. The van der Waals surface area contributed by atoms with Gasteiger partial charge >= 0.3 is 0 Å². The van der Waals surface area contributed by atoms with Gasteiger partial charge in [0.25, 0.3) is 0 Å². The number of carbonyl (C=O) groups excluding carboxylic acids is 1. The average Bonchev–Trinajstić information content (AvgIpc) is 1.83. The Bertz CT molecular complexity index is 165. The molecular formula is C7H15N3OS. The number of nitrogens with two attached hydrogens (primary N) is 2. The van der Waals surface area contributed by atoms with E-state index in [0.717, 1.165) is 0 Å². The molecule has 0 aromatic rings. The van der Waals surface area contributed by atoms with E-state index in [0.29, 0.717) is 11.5 Å². The summed E-state index contributed by atoms with van der Waals surface area (Å²) in [5.74, 6) is -0.361. The van der Waals surface area contributed by atoms with Crippen LogP contribution in [0.25, 0.3) is 0 Å². The molecule has 0 saturated heterocycles. The van der Waals surface area contributed by atoms with Gasteiger partial charge in [0, 0.05) is 12.6 Å². The molecule has 0 aliphatic rings. The van der Waals surface area contributed by atoms with Gasteiger partial charge in [-0.15, -0.1) is 0 Å². The van der Waals surface area contributed by atoms with E-state index in [2.05, 4.69) is 0 Å². The first-order valence-corrected chi connectivity index (χ1v) is 4.15. The first-order chi connectivity index (χ1) is 5.43. The molecule has 12 heavy (non-hydrogen) atoms. The van der Waals surface area contributed by atoms with Gasteiger partial charge in [0.05, 0.1) is 11.5 Å². The highest BCUT2D eigenvalue weighted by Gasteiger charge is 2.12. The van der Waals surface area contributed by atoms with Crippen molar-refractivity contribution in [1.29, 1.82) is 0 Å². The molecule has 4 N–H and O–H groups in total. The fourth-order valence-corrected chi connectivity index (χ4v) is 0.987. The molecule has 0 heterocycles. The smallest absolute Gasteiger partial charge is 0.231 e. The van der Waals surface area contributed by atoms with Crippen LogP contribution in [0.15, 0.2) is 0 Å². The van der Waals surface area contributed by atoms with Crippen LogP contribution >= 0.6 is 12.2 Å². The van der Waals surface area contributed by atoms with Crippen LogP contribution < -0.4 is 11.5 Å². The predicted molar refractivity (Wildman–Crippen MR) is 52.7 cm³/mol. The van der Waals surface area contributed by atoms with E-state index in [4.69, 9.17) is 23.7 Å². The van der Waals surface area contributed by atoms with Gasteiger partial charge in [0.2, 0.25) is 5.91 Å². The molecule has 0 radical (unpaired) electrons. The van der Waals surface area contributed by atoms with Crippen molar-refractivity contribution in [1.82, 2.24) is 4.90 Å². The highest BCUT2D eigenvalue weighted by molar-refractivity contribution is 7.80. The minimum absolute atomic E-state index is 0.203. The van der Waals surface area contributed by atoms with Gasteiger partial charge in [-0.1, -0.05) is 12.2 Å². The lowest BCUT2D eigenvalue weighted by Gasteiger charge is -2.23. The molecule has 0 unspecified atom stereocenters. The molecule has 5 heteroatoms. The van der Waals surface area contributed by atoms with Gasteiger partial charge in [-0.2, -0.15) is 0 Å². The molecule has 0 bridgehead atoms. The standard InChI is InChI=1S/C7H15N3OS/c1-5(2)10(3-6(8)11)4-7(9)12/h5H,3-4H2,1-2H3,(H2,8,11)(H2,9,12). The Morgan fingerprint density at radius 3 is 2.17 bits per heavy atom. The van der Waals surface area contributed by atoms with E-state index in [1.165, 1.54) is 0 Å². The van der Waals surface area contributed by atoms with Gasteiger partial charge in [-0.25, -0.2) is 0 Å². The highest BCUT2D eigenvalue weighted by atomic mass is 32.1. The SMILES string of the molecule is CC(C)N(CC(N)=O)CC(N)=S. The van der Waals surface area contributed by atoms with Crippen LogP contribution in [0.4, 0.5) is 0 Å². The number of amides is 1. The van der Waals surface area contributed by atoms with Crippen LogP contribution in [0.5, 0.6) is 0 Å². The zero-order valence-electron chi connectivity index (χ0n) is 7.41. The third-order valence-corrected chi connectivity index (χ3v) is 1.58. The van der Waals surface area contributed by atoms with E-state index < -0.39 is 0 Å². The lowest BCUT2D eigenvalue weighted by molar-refractivity contribution is -0.119. The molecule has 0 saturated carbocycles. The van der Waals surface area contributed by atoms with E-state index in [-0.39, 0.29) is 18.5 Å². The number of nitrogens with zero attached hydrogens (tertiary/aromatic N) is 1. The van der Waals surface area contributed by atoms with E-state index in [1.54, 1.807) is 0 Å².